The van der Waals surface area contributed by atoms with Crippen molar-refractivity contribution in [2.45, 2.75) is 50.6 Å². The highest BCUT2D eigenvalue weighted by Crippen LogP contribution is 2.41. The molecule has 5 rings (SSSR count). The summed E-state index contributed by atoms with van der Waals surface area (Å²) in [7, 11) is 0. The maximum absolute atomic E-state index is 12.9. The molecule has 37 heavy (non-hydrogen) atoms. The summed E-state index contributed by atoms with van der Waals surface area (Å²) in [5.41, 5.74) is 7.14. The van der Waals surface area contributed by atoms with Crippen LogP contribution in [-0.4, -0.2) is 72.4 Å². The summed E-state index contributed by atoms with van der Waals surface area (Å²) in [6.45, 7) is 6.14. The van der Waals surface area contributed by atoms with Gasteiger partial charge in [-0.15, -0.1) is 0 Å². The Morgan fingerprint density at radius 3 is 2.76 bits per heavy atom. The fourth-order valence-corrected chi connectivity index (χ4v) is 5.33. The monoisotopic (exact) mass is 510 g/mol. The molecular formula is C26H38N8O3. The molecule has 1 aromatic carbocycles. The molecule has 0 radical (unpaired) electrons. The minimum atomic E-state index is -0.242. The first-order valence-electron chi connectivity index (χ1n) is 13.4. The predicted molar refractivity (Wildman–Crippen MR) is 143 cm³/mol. The third-order valence-corrected chi connectivity index (χ3v) is 7.45. The van der Waals surface area contributed by atoms with E-state index in [2.05, 4.69) is 38.0 Å². The number of morpholine rings is 1. The predicted octanol–water partition coefficient (Wildman–Crippen LogP) is 1.91. The smallest absolute Gasteiger partial charge is 0.350 e. The van der Waals surface area contributed by atoms with Crippen LogP contribution in [0.25, 0.3) is 0 Å². The average Bonchev–Trinajstić information content (AvgIpc) is 2.91. The van der Waals surface area contributed by atoms with Crippen molar-refractivity contribution in [3.63, 3.8) is 0 Å². The normalized spacial score (nSPS) is 21.3. The molecule has 0 spiro atoms. The van der Waals surface area contributed by atoms with Gasteiger partial charge in [-0.05, 0) is 62.8 Å². The van der Waals surface area contributed by atoms with Crippen LogP contribution in [0.15, 0.2) is 29.2 Å². The minimum Gasteiger partial charge on any atom is -0.450 e. The van der Waals surface area contributed by atoms with E-state index in [1.165, 1.54) is 5.56 Å². The molecule has 11 heteroatoms. The molecular weight excluding hydrogens is 472 g/mol. The van der Waals surface area contributed by atoms with Crippen LogP contribution in [0.5, 0.6) is 11.5 Å². The van der Waals surface area contributed by atoms with E-state index < -0.39 is 0 Å². The molecule has 1 saturated carbocycles. The lowest BCUT2D eigenvalue weighted by atomic mass is 9.91. The molecule has 2 fully saturated rings. The summed E-state index contributed by atoms with van der Waals surface area (Å²) in [4.78, 5) is 19.7. The Hall–Kier alpha value is -3.15. The second-order valence-electron chi connectivity index (χ2n) is 10.1. The number of nitrogens with two attached hydrogens (primary N) is 1. The van der Waals surface area contributed by atoms with Gasteiger partial charge >= 0.3 is 5.69 Å². The van der Waals surface area contributed by atoms with Crippen LogP contribution in [-0.2, 0) is 11.2 Å². The first-order valence-corrected chi connectivity index (χ1v) is 13.4. The van der Waals surface area contributed by atoms with Crippen molar-refractivity contribution in [1.29, 1.82) is 5.41 Å². The molecule has 200 valence electrons. The third kappa shape index (κ3) is 6.60. The summed E-state index contributed by atoms with van der Waals surface area (Å²) >= 11 is 0. The molecule has 3 heterocycles. The SMILES string of the molecule is N=C(N)NCCCN[C@H]1CC[C@H](n2cc3c(nc2=O)Nc2cc(CCN4CCOCC4)ccc2O3)CC1. The maximum atomic E-state index is 12.9. The fourth-order valence-electron chi connectivity index (χ4n) is 5.33. The lowest BCUT2D eigenvalue weighted by Gasteiger charge is -2.31. The van der Waals surface area contributed by atoms with Crippen LogP contribution in [0.2, 0.25) is 0 Å². The number of rotatable bonds is 9. The number of hydrogen-bond donors (Lipinski definition) is 5. The van der Waals surface area contributed by atoms with Crippen LogP contribution in [0.4, 0.5) is 11.5 Å². The lowest BCUT2D eigenvalue weighted by Crippen LogP contribution is -2.38. The summed E-state index contributed by atoms with van der Waals surface area (Å²) in [5.74, 6) is 1.83. The first kappa shape index (κ1) is 25.5. The molecule has 0 atom stereocenters. The van der Waals surface area contributed by atoms with Gasteiger partial charge < -0.3 is 31.2 Å². The van der Waals surface area contributed by atoms with Gasteiger partial charge in [0.25, 0.3) is 0 Å². The summed E-state index contributed by atoms with van der Waals surface area (Å²) in [6, 6.07) is 6.77. The summed E-state index contributed by atoms with van der Waals surface area (Å²) in [6.07, 6.45) is 7.52. The molecule has 6 N–H and O–H groups in total. The van der Waals surface area contributed by atoms with Gasteiger partial charge in [-0.2, -0.15) is 4.98 Å². The Morgan fingerprint density at radius 2 is 1.97 bits per heavy atom. The number of anilines is 2. The molecule has 0 amide bonds. The van der Waals surface area contributed by atoms with Crippen molar-refractivity contribution in [3.05, 3.63) is 40.4 Å². The second-order valence-corrected chi connectivity index (χ2v) is 10.1. The second kappa shape index (κ2) is 11.9. The Bertz CT molecular complexity index is 1140. The number of aromatic nitrogens is 2. The topological polar surface area (TPSA) is 143 Å². The van der Waals surface area contributed by atoms with Gasteiger partial charge in [0.1, 0.15) is 0 Å². The summed E-state index contributed by atoms with van der Waals surface area (Å²) in [5, 5.41) is 16.9. The largest absolute Gasteiger partial charge is 0.450 e. The van der Waals surface area contributed by atoms with E-state index in [-0.39, 0.29) is 17.7 Å². The molecule has 1 saturated heterocycles. The minimum absolute atomic E-state index is 0.0107. The van der Waals surface area contributed by atoms with E-state index in [4.69, 9.17) is 20.6 Å². The van der Waals surface area contributed by atoms with Crippen LogP contribution >= 0.6 is 0 Å². The Morgan fingerprint density at radius 1 is 1.16 bits per heavy atom. The highest BCUT2D eigenvalue weighted by atomic mass is 16.5. The standard InChI is InChI=1S/C26H38N8O3/c27-25(28)30-10-1-9-29-19-3-5-20(6-4-19)34-17-23-24(32-26(34)35)31-21-16-18(2-7-22(21)37-23)8-11-33-12-14-36-15-13-33/h2,7,16-17,19-20,29H,1,3-6,8-15H2,(H4,27,28,30)(H,31,32,35)/t19-,20-. The number of nitrogens with zero attached hydrogens (tertiary/aromatic N) is 3. The lowest BCUT2D eigenvalue weighted by molar-refractivity contribution is 0.0384. The molecule has 1 aliphatic carbocycles. The van der Waals surface area contributed by atoms with Crippen molar-refractivity contribution in [2.75, 3.05) is 51.3 Å². The number of benzene rings is 1. The molecule has 2 aliphatic heterocycles. The van der Waals surface area contributed by atoms with Crippen molar-refractivity contribution in [2.24, 2.45) is 5.73 Å². The number of guanidine groups is 1. The van der Waals surface area contributed by atoms with Gasteiger partial charge in [0.2, 0.25) is 0 Å². The number of hydrogen-bond acceptors (Lipinski definition) is 8. The quantitative estimate of drug-likeness (QED) is 0.166. The van der Waals surface area contributed by atoms with Gasteiger partial charge in [0.05, 0.1) is 25.1 Å². The van der Waals surface area contributed by atoms with Crippen LogP contribution in [0, 0.1) is 5.41 Å². The van der Waals surface area contributed by atoms with E-state index in [0.717, 1.165) is 89.4 Å². The van der Waals surface area contributed by atoms with Crippen LogP contribution in [0.1, 0.15) is 43.7 Å². The Labute approximate surface area is 217 Å². The first-order chi connectivity index (χ1) is 18.0. The van der Waals surface area contributed by atoms with Gasteiger partial charge in [0, 0.05) is 38.3 Å². The van der Waals surface area contributed by atoms with E-state index in [1.54, 1.807) is 4.57 Å². The number of fused-ring (bicyclic) bond motifs is 2. The number of ether oxygens (including phenoxy) is 2. The fraction of sp³-hybridized carbons (Fsp3) is 0.577. The third-order valence-electron chi connectivity index (χ3n) is 7.45. The van der Waals surface area contributed by atoms with Gasteiger partial charge in [-0.3, -0.25) is 14.9 Å². The van der Waals surface area contributed by atoms with E-state index in [1.807, 2.05) is 12.3 Å². The van der Waals surface area contributed by atoms with E-state index in [9.17, 15) is 4.79 Å². The Kier molecular flexibility index (Phi) is 8.22. The maximum Gasteiger partial charge on any atom is 0.350 e. The van der Waals surface area contributed by atoms with Crippen molar-refractivity contribution >= 4 is 17.5 Å². The highest BCUT2D eigenvalue weighted by molar-refractivity contribution is 5.74. The van der Waals surface area contributed by atoms with E-state index >= 15 is 0 Å². The number of nitrogens with one attached hydrogen (secondary N) is 4. The zero-order valence-corrected chi connectivity index (χ0v) is 21.3. The molecule has 11 nitrogen and oxygen atoms in total. The molecule has 0 unspecified atom stereocenters. The zero-order chi connectivity index (χ0) is 25.6. The molecule has 0 bridgehead atoms. The van der Waals surface area contributed by atoms with Crippen LogP contribution < -0.4 is 32.1 Å². The van der Waals surface area contributed by atoms with Gasteiger partial charge in [-0.1, -0.05) is 6.07 Å². The zero-order valence-electron chi connectivity index (χ0n) is 21.3. The van der Waals surface area contributed by atoms with Gasteiger partial charge in [-0.25, -0.2) is 4.79 Å². The van der Waals surface area contributed by atoms with Crippen molar-refractivity contribution in [1.82, 2.24) is 25.1 Å². The van der Waals surface area contributed by atoms with E-state index in [0.29, 0.717) is 24.2 Å². The Balaban J connectivity index is 1.15. The van der Waals surface area contributed by atoms with Gasteiger partial charge in [0.15, 0.2) is 23.3 Å². The van der Waals surface area contributed by atoms with Crippen molar-refractivity contribution in [3.8, 4) is 11.5 Å². The average molecular weight is 511 g/mol. The summed E-state index contributed by atoms with van der Waals surface area (Å²) < 4.78 is 13.4. The van der Waals surface area contributed by atoms with Crippen molar-refractivity contribution < 1.29 is 9.47 Å². The molecule has 3 aliphatic rings. The highest BCUT2D eigenvalue weighted by Gasteiger charge is 2.26. The molecule has 2 aromatic rings. The molecule has 1 aromatic heterocycles. The van der Waals surface area contributed by atoms with Crippen LogP contribution in [0.3, 0.4) is 0 Å².